The molecule has 0 aliphatic heterocycles. The summed E-state index contributed by atoms with van der Waals surface area (Å²) in [5.41, 5.74) is 1.21. The van der Waals surface area contributed by atoms with Gasteiger partial charge in [-0.1, -0.05) is 18.2 Å². The van der Waals surface area contributed by atoms with E-state index in [0.29, 0.717) is 11.4 Å². The predicted octanol–water partition coefficient (Wildman–Crippen LogP) is 3.35. The van der Waals surface area contributed by atoms with E-state index in [9.17, 15) is 8.42 Å². The molecule has 0 spiro atoms. The van der Waals surface area contributed by atoms with Crippen LogP contribution in [0.2, 0.25) is 0 Å². The van der Waals surface area contributed by atoms with E-state index in [1.54, 1.807) is 12.1 Å². The molecule has 7 heteroatoms. The smallest absolute Gasteiger partial charge is 0.282 e. The van der Waals surface area contributed by atoms with Gasteiger partial charge in [-0.05, 0) is 36.4 Å². The molecule has 5 nitrogen and oxygen atoms in total. The molecule has 0 heterocycles. The molecule has 0 atom stereocenters. The third-order valence-corrected chi connectivity index (χ3v) is 3.04. The van der Waals surface area contributed by atoms with Gasteiger partial charge in [0.25, 0.3) is 10.1 Å². The van der Waals surface area contributed by atoms with Crippen molar-refractivity contribution in [2.75, 3.05) is 0 Å². The van der Waals surface area contributed by atoms with Crippen LogP contribution in [0, 0.1) is 0 Å². The fourth-order valence-electron chi connectivity index (χ4n) is 1.29. The third-order valence-electron chi connectivity index (χ3n) is 2.17. The zero-order chi connectivity index (χ0) is 13.0. The molecule has 0 radical (unpaired) electrons. The molecule has 2 aromatic carbocycles. The topological polar surface area (TPSA) is 79.1 Å². The molecule has 0 fully saturated rings. The number of hydrogen-bond acceptors (Lipinski definition) is 4. The molecular formula is C12H10N2NiO3S. The first kappa shape index (κ1) is 15.5. The molecule has 2 rings (SSSR count). The van der Waals surface area contributed by atoms with Gasteiger partial charge in [-0.3, -0.25) is 4.55 Å². The van der Waals surface area contributed by atoms with Crippen molar-refractivity contribution in [3.8, 4) is 0 Å². The van der Waals surface area contributed by atoms with E-state index >= 15 is 0 Å². The van der Waals surface area contributed by atoms with E-state index in [1.807, 2.05) is 18.2 Å². The normalized spacial score (nSPS) is 11.2. The zero-order valence-electron chi connectivity index (χ0n) is 9.58. The van der Waals surface area contributed by atoms with Crippen molar-refractivity contribution in [2.24, 2.45) is 10.2 Å². The Hall–Kier alpha value is -1.56. The first-order valence-corrected chi connectivity index (χ1v) is 6.54. The zero-order valence-corrected chi connectivity index (χ0v) is 11.4. The Kier molecular flexibility index (Phi) is 5.36. The molecule has 0 aromatic heterocycles. The molecule has 0 bridgehead atoms. The van der Waals surface area contributed by atoms with Crippen molar-refractivity contribution in [3.05, 3.63) is 54.6 Å². The Morgan fingerprint density at radius 2 is 1.26 bits per heavy atom. The first-order valence-electron chi connectivity index (χ1n) is 5.10. The predicted molar refractivity (Wildman–Crippen MR) is 66.9 cm³/mol. The van der Waals surface area contributed by atoms with Crippen molar-refractivity contribution in [2.45, 2.75) is 4.90 Å². The average molecular weight is 321 g/mol. The Labute approximate surface area is 121 Å². The van der Waals surface area contributed by atoms with Gasteiger partial charge in [-0.25, -0.2) is 0 Å². The maximum absolute atomic E-state index is 10.8. The number of rotatable bonds is 3. The van der Waals surface area contributed by atoms with Crippen molar-refractivity contribution < 1.29 is 29.5 Å². The Bertz CT molecular complexity index is 655. The van der Waals surface area contributed by atoms with Crippen LogP contribution >= 0.6 is 0 Å². The molecule has 0 amide bonds. The minimum absolute atomic E-state index is 0. The van der Waals surface area contributed by atoms with Gasteiger partial charge in [-0.15, -0.1) is 0 Å². The molecule has 0 saturated carbocycles. The van der Waals surface area contributed by atoms with E-state index in [-0.39, 0.29) is 21.4 Å². The van der Waals surface area contributed by atoms with Crippen LogP contribution in [0.3, 0.4) is 0 Å². The van der Waals surface area contributed by atoms with Gasteiger partial charge in [0.05, 0.1) is 16.3 Å². The summed E-state index contributed by atoms with van der Waals surface area (Å²) in [7, 11) is -4.16. The molecule has 2 aromatic rings. The fourth-order valence-corrected chi connectivity index (χ4v) is 1.77. The van der Waals surface area contributed by atoms with E-state index in [2.05, 4.69) is 10.2 Å². The van der Waals surface area contributed by atoms with Crippen LogP contribution in [-0.2, 0) is 26.6 Å². The van der Waals surface area contributed by atoms with Crippen molar-refractivity contribution in [3.63, 3.8) is 0 Å². The van der Waals surface area contributed by atoms with Crippen LogP contribution in [0.15, 0.2) is 69.7 Å². The van der Waals surface area contributed by atoms with Gasteiger partial charge < -0.3 is 0 Å². The van der Waals surface area contributed by atoms with E-state index in [1.165, 1.54) is 24.3 Å². The summed E-state index contributed by atoms with van der Waals surface area (Å²) >= 11 is 0. The summed E-state index contributed by atoms with van der Waals surface area (Å²) in [6.45, 7) is 0. The van der Waals surface area contributed by atoms with Crippen molar-refractivity contribution in [1.29, 1.82) is 0 Å². The Morgan fingerprint density at radius 3 is 1.74 bits per heavy atom. The van der Waals surface area contributed by atoms with Gasteiger partial charge in [-0.2, -0.15) is 18.6 Å². The summed E-state index contributed by atoms with van der Waals surface area (Å²) in [5, 5.41) is 7.93. The quantitative estimate of drug-likeness (QED) is 0.535. The van der Waals surface area contributed by atoms with E-state index < -0.39 is 10.1 Å². The van der Waals surface area contributed by atoms with Crippen LogP contribution in [0.1, 0.15) is 0 Å². The van der Waals surface area contributed by atoms with Crippen LogP contribution in [0.4, 0.5) is 11.4 Å². The second kappa shape index (κ2) is 6.56. The molecule has 0 unspecified atom stereocenters. The van der Waals surface area contributed by atoms with Gasteiger partial charge >= 0.3 is 0 Å². The van der Waals surface area contributed by atoms with Crippen LogP contribution in [0.25, 0.3) is 0 Å². The Balaban J connectivity index is 0.00000180. The van der Waals surface area contributed by atoms with Gasteiger partial charge in [0.2, 0.25) is 0 Å². The van der Waals surface area contributed by atoms with Gasteiger partial charge in [0, 0.05) is 16.5 Å². The molecule has 0 aliphatic carbocycles. The minimum atomic E-state index is -4.16. The monoisotopic (exact) mass is 320 g/mol. The maximum atomic E-state index is 10.8. The minimum Gasteiger partial charge on any atom is -0.282 e. The van der Waals surface area contributed by atoms with Crippen LogP contribution in [0.5, 0.6) is 0 Å². The van der Waals surface area contributed by atoms with Gasteiger partial charge in [0.1, 0.15) is 0 Å². The molecule has 1 N–H and O–H groups in total. The Morgan fingerprint density at radius 1 is 0.789 bits per heavy atom. The number of benzene rings is 2. The molecule has 0 aliphatic rings. The van der Waals surface area contributed by atoms with Gasteiger partial charge in [0.15, 0.2) is 0 Å². The molecular weight excluding hydrogens is 311 g/mol. The van der Waals surface area contributed by atoms with E-state index in [4.69, 9.17) is 4.55 Å². The molecule has 19 heavy (non-hydrogen) atoms. The van der Waals surface area contributed by atoms with Crippen molar-refractivity contribution in [1.82, 2.24) is 0 Å². The number of hydrogen-bond donors (Lipinski definition) is 1. The van der Waals surface area contributed by atoms with Crippen molar-refractivity contribution >= 4 is 21.5 Å². The average Bonchev–Trinajstić information content (AvgIpc) is 2.37. The first-order chi connectivity index (χ1) is 8.55. The third kappa shape index (κ3) is 4.55. The SMILES string of the molecule is O=S(=O)(O)c1ccc(N=Nc2ccccc2)cc1.[Ni]. The molecule has 0 saturated heterocycles. The number of nitrogens with zero attached hydrogens (tertiary/aromatic N) is 2. The second-order valence-electron chi connectivity index (χ2n) is 3.50. The summed E-state index contributed by atoms with van der Waals surface area (Å²) in [5.74, 6) is 0. The van der Waals surface area contributed by atoms with Crippen LogP contribution in [-0.4, -0.2) is 13.0 Å². The summed E-state index contributed by atoms with van der Waals surface area (Å²) in [6.07, 6.45) is 0. The van der Waals surface area contributed by atoms with Crippen LogP contribution < -0.4 is 0 Å². The summed E-state index contributed by atoms with van der Waals surface area (Å²) in [6, 6.07) is 14.6. The molecule has 102 valence electrons. The summed E-state index contributed by atoms with van der Waals surface area (Å²) < 4.78 is 30.5. The second-order valence-corrected chi connectivity index (χ2v) is 4.93. The standard InChI is InChI=1S/C12H10N2O3S.Ni/c15-18(16,17)12-8-6-11(7-9-12)14-13-10-4-2-1-3-5-10;/h1-9H,(H,15,16,17);. The maximum Gasteiger partial charge on any atom is 0.294 e. The van der Waals surface area contributed by atoms with E-state index in [0.717, 1.165) is 0 Å². The summed E-state index contributed by atoms with van der Waals surface area (Å²) in [4.78, 5) is -0.166. The fraction of sp³-hybridized carbons (Fsp3) is 0. The largest absolute Gasteiger partial charge is 0.294 e. The number of azo groups is 1.